The lowest BCUT2D eigenvalue weighted by atomic mass is 10.2. The molecule has 1 aromatic carbocycles. The van der Waals surface area contributed by atoms with Gasteiger partial charge in [-0.2, -0.15) is 0 Å². The number of aliphatic carboxylic acids is 1. The molecule has 2 aromatic rings. The smallest absolute Gasteiger partial charge is 0.329 e. The van der Waals surface area contributed by atoms with Crippen molar-refractivity contribution in [3.63, 3.8) is 0 Å². The van der Waals surface area contributed by atoms with Gasteiger partial charge in [0.25, 0.3) is 0 Å². The molecule has 1 heterocycles. The van der Waals surface area contributed by atoms with Crippen LogP contribution in [0.15, 0.2) is 42.5 Å². The van der Waals surface area contributed by atoms with Gasteiger partial charge in [0.05, 0.1) is 6.61 Å². The van der Waals surface area contributed by atoms with Crippen molar-refractivity contribution >= 4 is 11.9 Å². The maximum absolute atomic E-state index is 11.7. The van der Waals surface area contributed by atoms with Gasteiger partial charge in [-0.15, -0.1) is 0 Å². The van der Waals surface area contributed by atoms with Crippen LogP contribution in [0.3, 0.4) is 0 Å². The fourth-order valence-electron chi connectivity index (χ4n) is 2.13. The Kier molecular flexibility index (Phi) is 6.38. The SMILES string of the molecule is O=C(O)COCCNC(=O)CCc1ccc(-c2ccccc2)[nH]1. The molecule has 2 rings (SSSR count). The van der Waals surface area contributed by atoms with Gasteiger partial charge in [0.2, 0.25) is 5.91 Å². The molecule has 0 bridgehead atoms. The highest BCUT2D eigenvalue weighted by Gasteiger charge is 2.05. The number of rotatable bonds is 9. The molecule has 0 fully saturated rings. The van der Waals surface area contributed by atoms with E-state index in [0.29, 0.717) is 19.4 Å². The number of aryl methyl sites for hydroxylation is 1. The number of carboxylic acids is 1. The molecule has 6 nitrogen and oxygen atoms in total. The predicted molar refractivity (Wildman–Crippen MR) is 86.0 cm³/mol. The number of benzene rings is 1. The molecule has 0 aliphatic heterocycles. The third-order valence-corrected chi connectivity index (χ3v) is 3.25. The van der Waals surface area contributed by atoms with Gasteiger partial charge in [-0.1, -0.05) is 30.3 Å². The van der Waals surface area contributed by atoms with Crippen molar-refractivity contribution in [2.75, 3.05) is 19.8 Å². The van der Waals surface area contributed by atoms with Crippen LogP contribution in [0, 0.1) is 0 Å². The van der Waals surface area contributed by atoms with Crippen molar-refractivity contribution in [1.29, 1.82) is 0 Å². The summed E-state index contributed by atoms with van der Waals surface area (Å²) >= 11 is 0. The number of H-pyrrole nitrogens is 1. The minimum absolute atomic E-state index is 0.0835. The lowest BCUT2D eigenvalue weighted by molar-refractivity contribution is -0.142. The number of hydrogen-bond donors (Lipinski definition) is 3. The minimum atomic E-state index is -1.02. The highest BCUT2D eigenvalue weighted by Crippen LogP contribution is 2.18. The van der Waals surface area contributed by atoms with E-state index in [-0.39, 0.29) is 19.1 Å². The highest BCUT2D eigenvalue weighted by molar-refractivity contribution is 5.76. The number of ether oxygens (including phenoxy) is 1. The van der Waals surface area contributed by atoms with E-state index in [4.69, 9.17) is 9.84 Å². The number of amides is 1. The molecule has 0 radical (unpaired) electrons. The molecule has 0 unspecified atom stereocenters. The number of hydrogen-bond acceptors (Lipinski definition) is 3. The second-order valence-electron chi connectivity index (χ2n) is 5.06. The zero-order valence-corrected chi connectivity index (χ0v) is 12.7. The van der Waals surface area contributed by atoms with Crippen molar-refractivity contribution in [3.05, 3.63) is 48.2 Å². The van der Waals surface area contributed by atoms with E-state index in [2.05, 4.69) is 10.3 Å². The molecule has 0 aliphatic carbocycles. The van der Waals surface area contributed by atoms with Crippen molar-refractivity contribution in [2.24, 2.45) is 0 Å². The average molecular weight is 316 g/mol. The van der Waals surface area contributed by atoms with E-state index in [1.165, 1.54) is 0 Å². The van der Waals surface area contributed by atoms with Gasteiger partial charge in [-0.05, 0) is 24.1 Å². The lowest BCUT2D eigenvalue weighted by Crippen LogP contribution is -2.28. The summed E-state index contributed by atoms with van der Waals surface area (Å²) in [5, 5.41) is 11.1. The first-order valence-corrected chi connectivity index (χ1v) is 7.44. The molecule has 0 atom stereocenters. The monoisotopic (exact) mass is 316 g/mol. The van der Waals surface area contributed by atoms with Crippen molar-refractivity contribution in [3.8, 4) is 11.3 Å². The third-order valence-electron chi connectivity index (χ3n) is 3.25. The van der Waals surface area contributed by atoms with E-state index >= 15 is 0 Å². The summed E-state index contributed by atoms with van der Waals surface area (Å²) in [7, 11) is 0. The number of aromatic nitrogens is 1. The summed E-state index contributed by atoms with van der Waals surface area (Å²) in [6.07, 6.45) is 0.988. The van der Waals surface area contributed by atoms with Crippen molar-refractivity contribution in [2.45, 2.75) is 12.8 Å². The van der Waals surface area contributed by atoms with Crippen LogP contribution in [0.2, 0.25) is 0 Å². The fraction of sp³-hybridized carbons (Fsp3) is 0.294. The standard InChI is InChI=1S/C17H20N2O4/c20-16(18-10-11-23-12-17(21)22)9-7-14-6-8-15(19-14)13-4-2-1-3-5-13/h1-6,8,19H,7,9-12H2,(H,18,20)(H,21,22). The summed E-state index contributed by atoms with van der Waals surface area (Å²) < 4.78 is 4.84. The molecule has 23 heavy (non-hydrogen) atoms. The van der Waals surface area contributed by atoms with Crippen LogP contribution in [-0.2, 0) is 20.7 Å². The first-order chi connectivity index (χ1) is 11.1. The molecule has 122 valence electrons. The van der Waals surface area contributed by atoms with E-state index in [1.807, 2.05) is 42.5 Å². The molecule has 6 heteroatoms. The van der Waals surface area contributed by atoms with Crippen molar-refractivity contribution < 1.29 is 19.4 Å². The van der Waals surface area contributed by atoms with Crippen molar-refractivity contribution in [1.82, 2.24) is 10.3 Å². The Morgan fingerprint density at radius 3 is 2.65 bits per heavy atom. The Bertz CT molecular complexity index is 637. The second-order valence-corrected chi connectivity index (χ2v) is 5.06. The second kappa shape index (κ2) is 8.75. The third kappa shape index (κ3) is 5.96. The Hall–Kier alpha value is -2.60. The van der Waals surface area contributed by atoms with Crippen LogP contribution in [0.5, 0.6) is 0 Å². The average Bonchev–Trinajstić information content (AvgIpc) is 3.02. The molecule has 1 amide bonds. The normalized spacial score (nSPS) is 10.4. The van der Waals surface area contributed by atoms with Crippen LogP contribution in [0.4, 0.5) is 0 Å². The maximum atomic E-state index is 11.7. The molecule has 0 saturated carbocycles. The van der Waals surface area contributed by atoms with Gasteiger partial charge < -0.3 is 20.1 Å². The molecule has 3 N–H and O–H groups in total. The van der Waals surface area contributed by atoms with E-state index in [9.17, 15) is 9.59 Å². The topological polar surface area (TPSA) is 91.4 Å². The Labute approximate surface area is 134 Å². The number of carbonyl (C=O) groups excluding carboxylic acids is 1. The number of aromatic amines is 1. The zero-order valence-electron chi connectivity index (χ0n) is 12.7. The Balaban J connectivity index is 1.69. The lowest BCUT2D eigenvalue weighted by Gasteiger charge is -2.05. The summed E-state index contributed by atoms with van der Waals surface area (Å²) in [5.41, 5.74) is 3.14. The summed E-state index contributed by atoms with van der Waals surface area (Å²) in [6.45, 7) is 0.158. The molecule has 0 saturated heterocycles. The predicted octanol–water partition coefficient (Wildman–Crippen LogP) is 1.83. The number of carbonyl (C=O) groups is 2. The summed E-state index contributed by atoms with van der Waals surface area (Å²) in [5.74, 6) is -1.10. The largest absolute Gasteiger partial charge is 0.480 e. The van der Waals surface area contributed by atoms with E-state index in [1.54, 1.807) is 0 Å². The van der Waals surface area contributed by atoms with Crippen LogP contribution < -0.4 is 5.32 Å². The quantitative estimate of drug-likeness (QED) is 0.616. The first kappa shape index (κ1) is 16.8. The Morgan fingerprint density at radius 1 is 1.13 bits per heavy atom. The minimum Gasteiger partial charge on any atom is -0.480 e. The number of carboxylic acid groups (broad SMARTS) is 1. The first-order valence-electron chi connectivity index (χ1n) is 7.44. The molecule has 0 aliphatic rings. The summed E-state index contributed by atoms with van der Waals surface area (Å²) in [4.78, 5) is 25.2. The zero-order chi connectivity index (χ0) is 16.5. The molecular formula is C17H20N2O4. The van der Waals surface area contributed by atoms with Gasteiger partial charge in [0.1, 0.15) is 6.61 Å². The van der Waals surface area contributed by atoms with Gasteiger partial charge in [0.15, 0.2) is 0 Å². The van der Waals surface area contributed by atoms with Gasteiger partial charge >= 0.3 is 5.97 Å². The fourth-order valence-corrected chi connectivity index (χ4v) is 2.13. The van der Waals surface area contributed by atoms with Crippen LogP contribution in [0.25, 0.3) is 11.3 Å². The van der Waals surface area contributed by atoms with E-state index < -0.39 is 5.97 Å². The molecule has 0 spiro atoms. The van der Waals surface area contributed by atoms with Crippen LogP contribution in [-0.4, -0.2) is 41.7 Å². The number of nitrogens with one attached hydrogen (secondary N) is 2. The van der Waals surface area contributed by atoms with Gasteiger partial charge in [-0.3, -0.25) is 4.79 Å². The molecule has 1 aromatic heterocycles. The van der Waals surface area contributed by atoms with Crippen LogP contribution in [0.1, 0.15) is 12.1 Å². The van der Waals surface area contributed by atoms with Gasteiger partial charge in [-0.25, -0.2) is 4.79 Å². The highest BCUT2D eigenvalue weighted by atomic mass is 16.5. The van der Waals surface area contributed by atoms with E-state index in [0.717, 1.165) is 17.0 Å². The Morgan fingerprint density at radius 2 is 1.91 bits per heavy atom. The maximum Gasteiger partial charge on any atom is 0.329 e. The molecular weight excluding hydrogens is 296 g/mol. The van der Waals surface area contributed by atoms with Crippen LogP contribution >= 0.6 is 0 Å². The summed E-state index contributed by atoms with van der Waals surface area (Å²) in [6, 6.07) is 14.0. The van der Waals surface area contributed by atoms with Gasteiger partial charge in [0, 0.05) is 24.4 Å².